The molecule has 0 radical (unpaired) electrons. The van der Waals surface area contributed by atoms with Crippen molar-refractivity contribution in [3.8, 4) is 0 Å². The Balaban J connectivity index is 2.18. The molecule has 1 aromatic carbocycles. The number of nitrogens with one attached hydrogen (secondary N) is 1. The molecule has 0 aliphatic rings. The minimum Gasteiger partial charge on any atom is -0.382 e. The highest BCUT2D eigenvalue weighted by atomic mass is 32.2. The number of nitrogens with zero attached hydrogens (tertiary/aromatic N) is 1. The van der Waals surface area contributed by atoms with E-state index in [1.807, 2.05) is 30.3 Å². The van der Waals surface area contributed by atoms with Crippen molar-refractivity contribution >= 4 is 15.5 Å². The molecule has 112 valence electrons. The fourth-order valence-corrected chi connectivity index (χ4v) is 2.52. The van der Waals surface area contributed by atoms with Crippen molar-refractivity contribution in [2.45, 2.75) is 11.1 Å². The van der Waals surface area contributed by atoms with Crippen molar-refractivity contribution in [1.82, 2.24) is 4.98 Å². The van der Waals surface area contributed by atoms with Crippen molar-refractivity contribution in [2.75, 3.05) is 25.3 Å². The molecule has 6 heteroatoms. The highest BCUT2D eigenvalue weighted by molar-refractivity contribution is 7.90. The lowest BCUT2D eigenvalue weighted by Gasteiger charge is -2.19. The van der Waals surface area contributed by atoms with Gasteiger partial charge in [0.1, 0.15) is 0 Å². The van der Waals surface area contributed by atoms with Crippen molar-refractivity contribution < 1.29 is 13.2 Å². The zero-order valence-electron chi connectivity index (χ0n) is 12.0. The molecule has 21 heavy (non-hydrogen) atoms. The molecule has 1 unspecified atom stereocenters. The first-order valence-electron chi connectivity index (χ1n) is 6.47. The van der Waals surface area contributed by atoms with Gasteiger partial charge in [0.25, 0.3) is 0 Å². The number of hydrogen-bond acceptors (Lipinski definition) is 5. The Morgan fingerprint density at radius 1 is 1.19 bits per heavy atom. The minimum absolute atomic E-state index is 0.0258. The van der Waals surface area contributed by atoms with Crippen LogP contribution in [0.1, 0.15) is 11.6 Å². The predicted molar refractivity (Wildman–Crippen MR) is 82.0 cm³/mol. The van der Waals surface area contributed by atoms with Crippen LogP contribution in [0.25, 0.3) is 0 Å². The summed E-state index contributed by atoms with van der Waals surface area (Å²) in [5, 5.41) is 3.36. The second kappa shape index (κ2) is 6.69. The topological polar surface area (TPSA) is 68.3 Å². The van der Waals surface area contributed by atoms with Crippen molar-refractivity contribution in [3.05, 3.63) is 54.2 Å². The predicted octanol–water partition coefficient (Wildman–Crippen LogP) is 2.28. The first-order chi connectivity index (χ1) is 10.0. The number of ether oxygens (including phenoxy) is 1. The lowest BCUT2D eigenvalue weighted by atomic mass is 10.1. The van der Waals surface area contributed by atoms with Gasteiger partial charge in [-0.1, -0.05) is 30.3 Å². The molecule has 2 aromatic rings. The number of anilines is 1. The van der Waals surface area contributed by atoms with Gasteiger partial charge in [0.15, 0.2) is 14.9 Å². The van der Waals surface area contributed by atoms with Crippen LogP contribution in [0, 0.1) is 0 Å². The van der Waals surface area contributed by atoms with Gasteiger partial charge in [-0.3, -0.25) is 0 Å². The Morgan fingerprint density at radius 2 is 1.90 bits per heavy atom. The smallest absolute Gasteiger partial charge is 0.192 e. The number of rotatable bonds is 6. The highest BCUT2D eigenvalue weighted by Crippen LogP contribution is 2.20. The maximum Gasteiger partial charge on any atom is 0.192 e. The van der Waals surface area contributed by atoms with Crippen LogP contribution in [0.2, 0.25) is 0 Å². The maximum atomic E-state index is 11.4. The Hall–Kier alpha value is -1.92. The van der Waals surface area contributed by atoms with E-state index < -0.39 is 9.84 Å². The van der Waals surface area contributed by atoms with E-state index >= 15 is 0 Å². The molecule has 1 atom stereocenters. The fraction of sp³-hybridized carbons (Fsp3) is 0.267. The van der Waals surface area contributed by atoms with E-state index in [9.17, 15) is 8.42 Å². The SMILES string of the molecule is COCC(Nc1ccc(S(C)(=O)=O)nc1)c1ccccc1. The molecule has 2 rings (SSSR count). The summed E-state index contributed by atoms with van der Waals surface area (Å²) in [6.07, 6.45) is 2.65. The van der Waals surface area contributed by atoms with E-state index in [-0.39, 0.29) is 11.1 Å². The first-order valence-corrected chi connectivity index (χ1v) is 8.36. The summed E-state index contributed by atoms with van der Waals surface area (Å²) < 4.78 is 28.0. The van der Waals surface area contributed by atoms with Crippen molar-refractivity contribution in [3.63, 3.8) is 0 Å². The molecule has 1 N–H and O–H groups in total. The van der Waals surface area contributed by atoms with Crippen molar-refractivity contribution in [1.29, 1.82) is 0 Å². The first kappa shape index (κ1) is 15.5. The van der Waals surface area contributed by atoms with Crippen LogP contribution < -0.4 is 5.32 Å². The Morgan fingerprint density at radius 3 is 2.43 bits per heavy atom. The summed E-state index contributed by atoms with van der Waals surface area (Å²) in [6, 6.07) is 13.1. The third-order valence-electron chi connectivity index (χ3n) is 2.99. The Labute approximate surface area is 124 Å². The molecular weight excluding hydrogens is 288 g/mol. The van der Waals surface area contributed by atoms with E-state index in [0.29, 0.717) is 6.61 Å². The molecule has 0 aliphatic carbocycles. The normalized spacial score (nSPS) is 12.9. The quantitative estimate of drug-likeness (QED) is 0.887. The van der Waals surface area contributed by atoms with Crippen LogP contribution >= 0.6 is 0 Å². The summed E-state index contributed by atoms with van der Waals surface area (Å²) in [5.74, 6) is 0. The molecule has 5 nitrogen and oxygen atoms in total. The third-order valence-corrected chi connectivity index (χ3v) is 3.99. The van der Waals surface area contributed by atoms with Crippen molar-refractivity contribution in [2.24, 2.45) is 0 Å². The second-order valence-electron chi connectivity index (χ2n) is 4.72. The summed E-state index contributed by atoms with van der Waals surface area (Å²) in [4.78, 5) is 3.97. The number of sulfone groups is 1. The number of pyridine rings is 1. The third kappa shape index (κ3) is 4.27. The highest BCUT2D eigenvalue weighted by Gasteiger charge is 2.12. The molecule has 1 aromatic heterocycles. The molecule has 0 amide bonds. The molecule has 0 aliphatic heterocycles. The summed E-state index contributed by atoms with van der Waals surface area (Å²) in [6.45, 7) is 0.498. The fourth-order valence-electron chi connectivity index (χ4n) is 1.96. The number of methoxy groups -OCH3 is 1. The van der Waals surface area contributed by atoms with E-state index in [1.54, 1.807) is 13.2 Å². The maximum absolute atomic E-state index is 11.4. The monoisotopic (exact) mass is 306 g/mol. The zero-order valence-corrected chi connectivity index (χ0v) is 12.8. The lowest BCUT2D eigenvalue weighted by molar-refractivity contribution is 0.186. The average molecular weight is 306 g/mol. The Kier molecular flexibility index (Phi) is 4.93. The van der Waals surface area contributed by atoms with Gasteiger partial charge in [0.05, 0.1) is 24.5 Å². The van der Waals surface area contributed by atoms with E-state index in [1.165, 1.54) is 12.3 Å². The zero-order chi connectivity index (χ0) is 15.3. The standard InChI is InChI=1S/C15H18N2O3S/c1-20-11-14(12-6-4-3-5-7-12)17-13-8-9-15(16-10-13)21(2,18)19/h3-10,14,17H,11H2,1-2H3. The average Bonchev–Trinajstić information content (AvgIpc) is 2.47. The van der Waals surface area contributed by atoms with Gasteiger partial charge < -0.3 is 10.1 Å². The van der Waals surface area contributed by atoms with Crippen LogP contribution in [0.15, 0.2) is 53.7 Å². The number of hydrogen-bond donors (Lipinski definition) is 1. The number of benzene rings is 1. The largest absolute Gasteiger partial charge is 0.382 e. The molecule has 1 heterocycles. The summed E-state index contributed by atoms with van der Waals surface area (Å²) in [7, 11) is -1.63. The van der Waals surface area contributed by atoms with Gasteiger partial charge in [-0.25, -0.2) is 13.4 Å². The lowest BCUT2D eigenvalue weighted by Crippen LogP contribution is -2.16. The van der Waals surface area contributed by atoms with Gasteiger partial charge in [-0.2, -0.15) is 0 Å². The molecule has 0 fully saturated rings. The molecule has 0 saturated carbocycles. The van der Waals surface area contributed by atoms with Gasteiger partial charge in [0, 0.05) is 13.4 Å². The van der Waals surface area contributed by atoms with Crippen LogP contribution in [0.3, 0.4) is 0 Å². The molecular formula is C15H18N2O3S. The van der Waals surface area contributed by atoms with Gasteiger partial charge in [0.2, 0.25) is 0 Å². The van der Waals surface area contributed by atoms with Gasteiger partial charge in [-0.05, 0) is 17.7 Å². The van der Waals surface area contributed by atoms with E-state index in [2.05, 4.69) is 10.3 Å². The van der Waals surface area contributed by atoms with Crippen LogP contribution in [-0.2, 0) is 14.6 Å². The van der Waals surface area contributed by atoms with Gasteiger partial charge in [-0.15, -0.1) is 0 Å². The Bertz CT molecular complexity index is 670. The molecule has 0 bridgehead atoms. The summed E-state index contributed by atoms with van der Waals surface area (Å²) >= 11 is 0. The number of aromatic nitrogens is 1. The van der Waals surface area contributed by atoms with Crippen LogP contribution in [0.5, 0.6) is 0 Å². The van der Waals surface area contributed by atoms with Gasteiger partial charge >= 0.3 is 0 Å². The molecule has 0 saturated heterocycles. The van der Waals surface area contributed by atoms with Crippen LogP contribution in [-0.4, -0.2) is 33.4 Å². The van der Waals surface area contributed by atoms with E-state index in [4.69, 9.17) is 4.74 Å². The van der Waals surface area contributed by atoms with E-state index in [0.717, 1.165) is 17.5 Å². The second-order valence-corrected chi connectivity index (χ2v) is 6.68. The van der Waals surface area contributed by atoms with Crippen LogP contribution in [0.4, 0.5) is 5.69 Å². The minimum atomic E-state index is -3.27. The molecule has 0 spiro atoms. The summed E-state index contributed by atoms with van der Waals surface area (Å²) in [5.41, 5.74) is 1.83.